The number of rotatable bonds is 31. The molecule has 3 aliphatic rings. The molecule has 0 aromatic heterocycles. The van der Waals surface area contributed by atoms with Crippen LogP contribution in [0.2, 0.25) is 0 Å². The SMILES string of the molecule is CCCCCCCC(=O)O[C@H](COC(=O)CCCCCCCNC(=O)c1ccc(-c2c3ccc(=O)cc-3oc3cc(O)ccc23)c(C(=O)O)c1)COP(=O)(O)OC1[C@H](O)[C@H](OP(=O)(O)O)C(OP(=O)(O)O)[C@H](OP(=O)(O)O)[C@H]1O. The fraction of sp³-hybridized carbons (Fsp3) is 0.500. The maximum atomic E-state index is 13.2. The molecule has 1 heterocycles. The van der Waals surface area contributed by atoms with Crippen LogP contribution >= 0.6 is 31.3 Å². The molecule has 1 fully saturated rings. The number of fused-ring (bicyclic) bond motifs is 2. The number of aromatic carboxylic acids is 1. The van der Waals surface area contributed by atoms with Gasteiger partial charge in [-0.15, -0.1) is 0 Å². The molecular weight excluding hydrogens is 1140 g/mol. The van der Waals surface area contributed by atoms with Crippen molar-refractivity contribution >= 4 is 66.1 Å². The lowest BCUT2D eigenvalue weighted by Crippen LogP contribution is -2.65. The highest BCUT2D eigenvalue weighted by molar-refractivity contribution is 7.47. The van der Waals surface area contributed by atoms with Gasteiger partial charge in [-0.25, -0.2) is 23.1 Å². The number of phosphoric ester groups is 4. The third-order valence-electron chi connectivity index (χ3n) is 12.0. The van der Waals surface area contributed by atoms with Gasteiger partial charge in [0.05, 0.1) is 12.2 Å². The molecule has 438 valence electrons. The average molecular weight is 1200 g/mol. The van der Waals surface area contributed by atoms with Crippen molar-refractivity contribution in [2.24, 2.45) is 0 Å². The highest BCUT2D eigenvalue weighted by Gasteiger charge is 2.59. The van der Waals surface area contributed by atoms with E-state index in [1.807, 2.05) is 6.92 Å². The predicted molar refractivity (Wildman–Crippen MR) is 271 cm³/mol. The topological polar surface area (TPSA) is 466 Å². The van der Waals surface area contributed by atoms with Crippen LogP contribution in [0.1, 0.15) is 105 Å². The summed E-state index contributed by atoms with van der Waals surface area (Å²) in [6, 6.07) is 12.5. The minimum atomic E-state index is -5.84. The zero-order chi connectivity index (χ0) is 58.5. The molecule has 0 bridgehead atoms. The fourth-order valence-electron chi connectivity index (χ4n) is 8.43. The maximum absolute atomic E-state index is 13.2. The van der Waals surface area contributed by atoms with Crippen molar-refractivity contribution in [3.63, 3.8) is 0 Å². The van der Waals surface area contributed by atoms with Crippen molar-refractivity contribution in [1.82, 2.24) is 5.32 Å². The number of hydrogen-bond acceptors (Lipinski definition) is 20. The number of esters is 2. The van der Waals surface area contributed by atoms with Crippen LogP contribution in [0.5, 0.6) is 5.75 Å². The zero-order valence-corrected chi connectivity index (χ0v) is 45.6. The van der Waals surface area contributed by atoms with Crippen molar-refractivity contribution in [1.29, 1.82) is 0 Å². The molecule has 0 radical (unpaired) electrons. The highest BCUT2D eigenvalue weighted by atomic mass is 31.2. The first-order valence-corrected chi connectivity index (χ1v) is 30.5. The van der Waals surface area contributed by atoms with Gasteiger partial charge in [0.15, 0.2) is 11.5 Å². The van der Waals surface area contributed by atoms with Crippen LogP contribution in [0.15, 0.2) is 63.8 Å². The van der Waals surface area contributed by atoms with E-state index in [9.17, 15) is 96.9 Å². The quantitative estimate of drug-likeness (QED) is 0.0142. The number of carbonyl (C=O) groups is 4. The summed E-state index contributed by atoms with van der Waals surface area (Å²) in [5.74, 6) is -3.48. The number of ether oxygens (including phenoxy) is 2. The molecule has 5 rings (SSSR count). The van der Waals surface area contributed by atoms with Crippen molar-refractivity contribution in [3.8, 4) is 28.2 Å². The largest absolute Gasteiger partial charge is 0.508 e. The number of carboxylic acids is 1. The Kier molecular flexibility index (Phi) is 23.6. The Labute approximate surface area is 449 Å². The molecule has 1 saturated carbocycles. The average Bonchev–Trinajstić information content (AvgIpc) is 3.42. The molecule has 2 aliphatic carbocycles. The van der Waals surface area contributed by atoms with Gasteiger partial charge in [-0.05, 0) is 61.2 Å². The van der Waals surface area contributed by atoms with Crippen molar-refractivity contribution in [3.05, 3.63) is 75.9 Å². The Morgan fingerprint density at radius 3 is 1.82 bits per heavy atom. The molecular formula is C46H61NO28P4. The predicted octanol–water partition coefficient (Wildman–Crippen LogP) is 4.53. The standard InChI is InChI=1S/C46H61NO28P4/c1-2-3-4-6-10-13-37(51)70-29(25-69-79(66,67)75-41-39(52)42(72-76(57,58)59)44(74-78(63,64)65)43(40(41)53)73-77(60,61)62)24-68-36(50)12-9-7-5-8-11-20-47-45(54)26-14-17-30(33(21-26)46(55)56)38-31-18-15-27(48)22-34(31)71-35-23-28(49)16-19-32(35)38/h14-19,21-23,29,39-44,48,52-53H,2-13,20,24-25H2,1H3,(H,47,54)(H,55,56)(H,66,67)(H2,57,58,59)(H2,60,61,62)(H2,63,64,65)/t29-,39+,40+,41?,42-,43+,44?/m1/s1. The zero-order valence-electron chi connectivity index (χ0n) is 42.0. The van der Waals surface area contributed by atoms with Crippen LogP contribution in [0.25, 0.3) is 33.4 Å². The molecule has 79 heavy (non-hydrogen) atoms. The molecule has 3 unspecified atom stereocenters. The van der Waals surface area contributed by atoms with Crippen molar-refractivity contribution in [2.75, 3.05) is 19.8 Å². The van der Waals surface area contributed by atoms with Gasteiger partial charge in [0.1, 0.15) is 60.3 Å². The Bertz CT molecular complexity index is 2950. The van der Waals surface area contributed by atoms with E-state index in [-0.39, 0.29) is 58.6 Å². The number of phosphoric acid groups is 4. The number of phenolic OH excluding ortho intramolecular Hbond substituents is 1. The van der Waals surface area contributed by atoms with E-state index in [0.29, 0.717) is 61.5 Å². The van der Waals surface area contributed by atoms with E-state index in [2.05, 4.69) is 18.9 Å². The summed E-state index contributed by atoms with van der Waals surface area (Å²) in [4.78, 5) is 131. The number of phenols is 1. The number of hydrogen-bond donors (Lipinski definition) is 12. The molecule has 29 nitrogen and oxygen atoms in total. The molecule has 1 amide bonds. The van der Waals surface area contributed by atoms with Gasteiger partial charge in [0, 0.05) is 53.6 Å². The van der Waals surface area contributed by atoms with Gasteiger partial charge >= 0.3 is 49.2 Å². The minimum Gasteiger partial charge on any atom is -0.508 e. The first-order valence-electron chi connectivity index (χ1n) is 24.4. The second-order valence-electron chi connectivity index (χ2n) is 18.1. The molecule has 0 spiro atoms. The van der Waals surface area contributed by atoms with Gasteiger partial charge in [0.25, 0.3) is 5.91 Å². The number of unbranched alkanes of at least 4 members (excludes halogenated alkanes) is 8. The van der Waals surface area contributed by atoms with Crippen LogP contribution in [0.3, 0.4) is 0 Å². The van der Waals surface area contributed by atoms with Gasteiger partial charge in [0.2, 0.25) is 0 Å². The molecule has 1 aliphatic heterocycles. The number of nitrogens with one attached hydrogen (secondary N) is 1. The molecule has 0 saturated heterocycles. The van der Waals surface area contributed by atoms with Gasteiger partial charge in [-0.3, -0.25) is 41.8 Å². The van der Waals surface area contributed by atoms with E-state index >= 15 is 0 Å². The lowest BCUT2D eigenvalue weighted by atomic mass is 9.85. The number of carboxylic acid groups (broad SMARTS) is 1. The Morgan fingerprint density at radius 2 is 1.22 bits per heavy atom. The second-order valence-corrected chi connectivity index (χ2v) is 23.1. The van der Waals surface area contributed by atoms with Crippen LogP contribution in [0, 0.1) is 0 Å². The van der Waals surface area contributed by atoms with E-state index in [0.717, 1.165) is 19.3 Å². The van der Waals surface area contributed by atoms with Crippen LogP contribution < -0.4 is 10.7 Å². The summed E-state index contributed by atoms with van der Waals surface area (Å²) in [5.41, 5.74) is 0.763. The van der Waals surface area contributed by atoms with Gasteiger partial charge in [-0.1, -0.05) is 57.9 Å². The Balaban J connectivity index is 1.13. The fourth-order valence-corrected chi connectivity index (χ4v) is 11.1. The summed E-state index contributed by atoms with van der Waals surface area (Å²) in [7, 11) is -23.2. The maximum Gasteiger partial charge on any atom is 0.472 e. The van der Waals surface area contributed by atoms with Gasteiger partial charge < -0.3 is 73.9 Å². The first-order chi connectivity index (χ1) is 37.0. The number of carbonyl (C=O) groups excluding carboxylic acids is 3. The summed E-state index contributed by atoms with van der Waals surface area (Å²) in [6.07, 6.45) is -12.5. The molecule has 12 N–H and O–H groups in total. The molecule has 2 aromatic rings. The van der Waals surface area contributed by atoms with E-state index in [1.54, 1.807) is 6.07 Å². The molecule has 8 atom stereocenters. The van der Waals surface area contributed by atoms with Crippen molar-refractivity contribution < 1.29 is 129 Å². The minimum absolute atomic E-state index is 0.0601. The second kappa shape index (κ2) is 28.7. The monoisotopic (exact) mass is 1200 g/mol. The third-order valence-corrected chi connectivity index (χ3v) is 14.5. The summed E-state index contributed by atoms with van der Waals surface area (Å²) in [6.45, 7) is 0.332. The van der Waals surface area contributed by atoms with Crippen LogP contribution in [0.4, 0.5) is 0 Å². The Hall–Kier alpha value is -4.83. The number of benzene rings is 3. The lowest BCUT2D eigenvalue weighted by Gasteiger charge is -2.45. The summed E-state index contributed by atoms with van der Waals surface area (Å²) >= 11 is 0. The first kappa shape index (κ1) is 65.0. The van der Waals surface area contributed by atoms with E-state index in [1.165, 1.54) is 48.5 Å². The smallest absolute Gasteiger partial charge is 0.472 e. The number of aliphatic hydroxyl groups is 2. The van der Waals surface area contributed by atoms with E-state index < -0.39 is 111 Å². The summed E-state index contributed by atoms with van der Waals surface area (Å²) < 4.78 is 87.6. The highest BCUT2D eigenvalue weighted by Crippen LogP contribution is 2.54. The van der Waals surface area contributed by atoms with Crippen LogP contribution in [-0.4, -0.2) is 141 Å². The molecule has 33 heteroatoms. The lowest BCUT2D eigenvalue weighted by molar-refractivity contribution is -0.209. The summed E-state index contributed by atoms with van der Waals surface area (Å²) in [5, 5.41) is 45.4. The van der Waals surface area contributed by atoms with Crippen LogP contribution in [-0.2, 0) is 59.9 Å². The van der Waals surface area contributed by atoms with Crippen molar-refractivity contribution in [2.45, 2.75) is 127 Å². The number of aliphatic hydroxyl groups excluding tert-OH is 2. The third kappa shape index (κ3) is 20.3. The van der Waals surface area contributed by atoms with E-state index in [4.69, 9.17) is 22.9 Å². The number of aromatic hydroxyl groups is 1. The Morgan fingerprint density at radius 1 is 0.646 bits per heavy atom. The number of amides is 1. The van der Waals surface area contributed by atoms with Gasteiger partial charge in [-0.2, -0.15) is 0 Å². The molecule has 2 aromatic carbocycles. The normalized spacial score (nSPS) is 20.1.